The third kappa shape index (κ3) is 5.06. The van der Waals surface area contributed by atoms with Gasteiger partial charge in [0, 0.05) is 4.90 Å². The molecule has 84 valence electrons. The highest BCUT2D eigenvalue weighted by Crippen LogP contribution is 2.05. The first-order valence-electron chi connectivity index (χ1n) is 4.27. The van der Waals surface area contributed by atoms with Gasteiger partial charge in [-0.3, -0.25) is 8.39 Å². The summed E-state index contributed by atoms with van der Waals surface area (Å²) in [5.41, 5.74) is 0. The van der Waals surface area contributed by atoms with E-state index >= 15 is 0 Å². The molecule has 0 bridgehead atoms. The molecule has 4 nitrogen and oxygen atoms in total. The van der Waals surface area contributed by atoms with Gasteiger partial charge in [-0.15, -0.1) is 0 Å². The third-order valence-corrected chi connectivity index (χ3v) is 3.50. The van der Waals surface area contributed by atoms with Gasteiger partial charge in [0.15, 0.2) is 0 Å². The summed E-state index contributed by atoms with van der Waals surface area (Å²) < 4.78 is 37.3. The normalized spacial score (nSPS) is 13.7. The first-order valence-corrected chi connectivity index (χ1v) is 7.40. The van der Waals surface area contributed by atoms with Crippen LogP contribution in [0.2, 0.25) is 0 Å². The molecule has 0 fully saturated rings. The van der Waals surface area contributed by atoms with Crippen molar-refractivity contribution in [1.82, 2.24) is 0 Å². The molecular weight excluding hydrogens is 236 g/mol. The molecule has 0 spiro atoms. The molecule has 1 atom stereocenters. The molecule has 0 amide bonds. The second kappa shape index (κ2) is 5.39. The van der Waals surface area contributed by atoms with Crippen molar-refractivity contribution in [2.75, 3.05) is 18.6 Å². The van der Waals surface area contributed by atoms with Gasteiger partial charge in [0.25, 0.3) is 10.1 Å². The minimum absolute atomic E-state index is 0.0552. The first-order chi connectivity index (χ1) is 6.99. The smallest absolute Gasteiger partial charge is 0.264 e. The van der Waals surface area contributed by atoms with Gasteiger partial charge >= 0.3 is 0 Å². The quantitative estimate of drug-likeness (QED) is 0.722. The van der Waals surface area contributed by atoms with Gasteiger partial charge in [-0.1, -0.05) is 18.2 Å². The Balaban J connectivity index is 2.45. The summed E-state index contributed by atoms with van der Waals surface area (Å²) in [6, 6.07) is 8.86. The van der Waals surface area contributed by atoms with E-state index < -0.39 is 20.9 Å². The third-order valence-electron chi connectivity index (χ3n) is 1.57. The Hall–Kier alpha value is -0.720. The average molecular weight is 248 g/mol. The van der Waals surface area contributed by atoms with Crippen LogP contribution in [0, 0.1) is 0 Å². The predicted molar refractivity (Wildman–Crippen MR) is 58.5 cm³/mol. The van der Waals surface area contributed by atoms with Crippen LogP contribution in [-0.2, 0) is 25.1 Å². The van der Waals surface area contributed by atoms with Crippen LogP contribution in [0.25, 0.3) is 0 Å². The lowest BCUT2D eigenvalue weighted by Gasteiger charge is -2.01. The van der Waals surface area contributed by atoms with Crippen molar-refractivity contribution in [3.05, 3.63) is 30.3 Å². The van der Waals surface area contributed by atoms with E-state index in [2.05, 4.69) is 4.18 Å². The molecule has 0 N–H and O–H groups in total. The Bertz CT molecular complexity index is 425. The topological polar surface area (TPSA) is 60.4 Å². The zero-order chi connectivity index (χ0) is 11.3. The fourth-order valence-corrected chi connectivity index (χ4v) is 2.37. The van der Waals surface area contributed by atoms with Crippen molar-refractivity contribution in [2.45, 2.75) is 4.90 Å². The van der Waals surface area contributed by atoms with E-state index in [1.807, 2.05) is 6.07 Å². The van der Waals surface area contributed by atoms with E-state index in [0.717, 1.165) is 6.26 Å². The fraction of sp³-hybridized carbons (Fsp3) is 0.333. The van der Waals surface area contributed by atoms with Gasteiger partial charge < -0.3 is 0 Å². The lowest BCUT2D eigenvalue weighted by Crippen LogP contribution is -2.10. The minimum Gasteiger partial charge on any atom is -0.269 e. The molecule has 1 rings (SSSR count). The SMILES string of the molecule is CS(=O)(=O)OCCS(=O)c1ccccc1. The van der Waals surface area contributed by atoms with Crippen molar-refractivity contribution in [1.29, 1.82) is 0 Å². The second-order valence-corrected chi connectivity index (χ2v) is 6.10. The van der Waals surface area contributed by atoms with Crippen molar-refractivity contribution >= 4 is 20.9 Å². The Morgan fingerprint density at radius 3 is 2.40 bits per heavy atom. The lowest BCUT2D eigenvalue weighted by molar-refractivity contribution is 0.344. The van der Waals surface area contributed by atoms with E-state index in [1.54, 1.807) is 24.3 Å². The zero-order valence-corrected chi connectivity index (χ0v) is 9.88. The molecule has 0 radical (unpaired) electrons. The van der Waals surface area contributed by atoms with Gasteiger partial charge in [0.2, 0.25) is 0 Å². The second-order valence-electron chi connectivity index (χ2n) is 2.89. The summed E-state index contributed by atoms with van der Waals surface area (Å²) in [5, 5.41) is 0. The largest absolute Gasteiger partial charge is 0.269 e. The number of benzene rings is 1. The highest BCUT2D eigenvalue weighted by molar-refractivity contribution is 7.86. The highest BCUT2D eigenvalue weighted by Gasteiger charge is 2.06. The molecule has 0 aliphatic rings. The van der Waals surface area contributed by atoms with E-state index in [0.29, 0.717) is 4.90 Å². The maximum absolute atomic E-state index is 11.6. The number of hydrogen-bond acceptors (Lipinski definition) is 4. The number of hydrogen-bond donors (Lipinski definition) is 0. The maximum Gasteiger partial charge on any atom is 0.264 e. The van der Waals surface area contributed by atoms with Crippen LogP contribution in [0.1, 0.15) is 0 Å². The Morgan fingerprint density at radius 1 is 1.27 bits per heavy atom. The fourth-order valence-electron chi connectivity index (χ4n) is 0.951. The summed E-state index contributed by atoms with van der Waals surface area (Å²) in [7, 11) is -4.64. The van der Waals surface area contributed by atoms with Crippen LogP contribution < -0.4 is 0 Å². The maximum atomic E-state index is 11.6. The van der Waals surface area contributed by atoms with Crippen molar-refractivity contribution in [3.8, 4) is 0 Å². The van der Waals surface area contributed by atoms with Gasteiger partial charge in [0.05, 0.1) is 29.4 Å². The van der Waals surface area contributed by atoms with Gasteiger partial charge in [-0.05, 0) is 12.1 Å². The summed E-state index contributed by atoms with van der Waals surface area (Å²) in [4.78, 5) is 0.676. The summed E-state index contributed by atoms with van der Waals surface area (Å²) in [6.45, 7) is -0.0552. The van der Waals surface area contributed by atoms with Crippen LogP contribution in [0.15, 0.2) is 35.2 Å². The van der Waals surface area contributed by atoms with Crippen LogP contribution in [0.4, 0.5) is 0 Å². The Labute approximate surface area is 91.8 Å². The molecule has 1 unspecified atom stereocenters. The summed E-state index contributed by atoms with van der Waals surface area (Å²) in [6.07, 6.45) is 0.971. The molecule has 0 aliphatic carbocycles. The summed E-state index contributed by atoms with van der Waals surface area (Å²) >= 11 is 0. The van der Waals surface area contributed by atoms with Gasteiger partial charge in [-0.25, -0.2) is 0 Å². The minimum atomic E-state index is -3.44. The Morgan fingerprint density at radius 2 is 1.87 bits per heavy atom. The van der Waals surface area contributed by atoms with E-state index in [9.17, 15) is 12.6 Å². The molecule has 0 aliphatic heterocycles. The van der Waals surface area contributed by atoms with Crippen LogP contribution in [-0.4, -0.2) is 31.2 Å². The number of rotatable bonds is 5. The first kappa shape index (κ1) is 12.4. The predicted octanol–water partition coefficient (Wildman–Crippen LogP) is 0.770. The van der Waals surface area contributed by atoms with E-state index in [1.165, 1.54) is 0 Å². The lowest BCUT2D eigenvalue weighted by atomic mass is 10.4. The van der Waals surface area contributed by atoms with Gasteiger partial charge in [-0.2, -0.15) is 8.42 Å². The Kier molecular flexibility index (Phi) is 4.44. The molecule has 0 aromatic heterocycles. The standard InChI is InChI=1S/C9H12O4S2/c1-15(11,12)13-7-8-14(10)9-5-3-2-4-6-9/h2-6H,7-8H2,1H3. The molecule has 0 heterocycles. The molecule has 6 heteroatoms. The molecule has 1 aromatic carbocycles. The monoisotopic (exact) mass is 248 g/mol. The average Bonchev–Trinajstić information content (AvgIpc) is 2.17. The van der Waals surface area contributed by atoms with Crippen LogP contribution >= 0.6 is 0 Å². The van der Waals surface area contributed by atoms with Crippen molar-refractivity contribution in [3.63, 3.8) is 0 Å². The molecule has 0 saturated heterocycles. The van der Waals surface area contributed by atoms with E-state index in [4.69, 9.17) is 0 Å². The molecular formula is C9H12O4S2. The van der Waals surface area contributed by atoms with Crippen molar-refractivity contribution < 1.29 is 16.8 Å². The highest BCUT2D eigenvalue weighted by atomic mass is 32.2. The van der Waals surface area contributed by atoms with Crippen molar-refractivity contribution in [2.24, 2.45) is 0 Å². The van der Waals surface area contributed by atoms with Crippen LogP contribution in [0.5, 0.6) is 0 Å². The zero-order valence-electron chi connectivity index (χ0n) is 8.25. The van der Waals surface area contributed by atoms with E-state index in [-0.39, 0.29) is 12.4 Å². The van der Waals surface area contributed by atoms with Gasteiger partial charge in [0.1, 0.15) is 0 Å². The molecule has 15 heavy (non-hydrogen) atoms. The molecule has 1 aromatic rings. The molecule has 0 saturated carbocycles. The summed E-state index contributed by atoms with van der Waals surface area (Å²) in [5.74, 6) is 0.178. The van der Waals surface area contributed by atoms with Crippen LogP contribution in [0.3, 0.4) is 0 Å².